The molecule has 0 aromatic heterocycles. The Morgan fingerprint density at radius 3 is 2.37 bits per heavy atom. The van der Waals surface area contributed by atoms with Crippen molar-refractivity contribution in [2.45, 2.75) is 31.8 Å². The molecule has 0 unspecified atom stereocenters. The van der Waals surface area contributed by atoms with Crippen LogP contribution in [0.2, 0.25) is 0 Å². The van der Waals surface area contributed by atoms with Gasteiger partial charge in [0.05, 0.1) is 6.10 Å². The van der Waals surface area contributed by atoms with E-state index in [1.165, 1.54) is 12.8 Å². The second-order valence-electron chi connectivity index (χ2n) is 7.96. The summed E-state index contributed by atoms with van der Waals surface area (Å²) >= 11 is 0. The molecule has 1 fully saturated rings. The molecule has 4 aromatic carbocycles. The van der Waals surface area contributed by atoms with E-state index in [2.05, 4.69) is 24.3 Å². The van der Waals surface area contributed by atoms with E-state index >= 15 is 0 Å². The summed E-state index contributed by atoms with van der Waals surface area (Å²) in [4.78, 5) is 13.6. The van der Waals surface area contributed by atoms with Crippen molar-refractivity contribution in [1.29, 1.82) is 0 Å². The smallest absolute Gasteiger partial charge is 0.193 e. The minimum absolute atomic E-state index is 0.0245. The largest absolute Gasteiger partial charge is 0.490 e. The van der Waals surface area contributed by atoms with Gasteiger partial charge in [-0.15, -0.1) is 0 Å². The maximum atomic E-state index is 13.6. The lowest BCUT2D eigenvalue weighted by Gasteiger charge is -2.15. The van der Waals surface area contributed by atoms with Crippen LogP contribution in [-0.4, -0.2) is 11.9 Å². The molecule has 0 aliphatic heterocycles. The first-order valence-corrected chi connectivity index (χ1v) is 10.7. The Hall–Kier alpha value is -3.39. The van der Waals surface area contributed by atoms with E-state index in [0.717, 1.165) is 46.1 Å². The molecule has 1 saturated carbocycles. The van der Waals surface area contributed by atoms with Crippen LogP contribution in [0.4, 0.5) is 0 Å². The number of carbonyl (C=O) groups excluding carboxylic acids is 1. The Kier molecular flexibility index (Phi) is 5.06. The lowest BCUT2D eigenvalue weighted by Crippen LogP contribution is -2.11. The van der Waals surface area contributed by atoms with Gasteiger partial charge < -0.3 is 4.74 Å². The molecule has 0 amide bonds. The van der Waals surface area contributed by atoms with E-state index in [9.17, 15) is 4.79 Å². The highest BCUT2D eigenvalue weighted by molar-refractivity contribution is 6.17. The van der Waals surface area contributed by atoms with Gasteiger partial charge in [0.25, 0.3) is 0 Å². The number of fused-ring (bicyclic) bond motifs is 1. The van der Waals surface area contributed by atoms with Crippen LogP contribution in [0.25, 0.3) is 21.9 Å². The van der Waals surface area contributed by atoms with E-state index in [1.54, 1.807) is 0 Å². The molecular formula is C28H24O2. The monoisotopic (exact) mass is 392 g/mol. The zero-order valence-electron chi connectivity index (χ0n) is 16.9. The summed E-state index contributed by atoms with van der Waals surface area (Å²) in [6.07, 6.45) is 4.92. The van der Waals surface area contributed by atoms with Gasteiger partial charge in [-0.05, 0) is 60.2 Å². The van der Waals surface area contributed by atoms with Crippen molar-refractivity contribution in [1.82, 2.24) is 0 Å². The van der Waals surface area contributed by atoms with Gasteiger partial charge in [-0.25, -0.2) is 0 Å². The molecule has 0 N–H and O–H groups in total. The molecule has 1 aliphatic rings. The summed E-state index contributed by atoms with van der Waals surface area (Å²) < 4.78 is 6.13. The SMILES string of the molecule is O=C(c1cccc(OC2CCCC2)c1)c1ccc2ccccc2c1-c1ccccc1. The van der Waals surface area contributed by atoms with E-state index < -0.39 is 0 Å². The Labute approximate surface area is 177 Å². The van der Waals surface area contributed by atoms with E-state index in [1.807, 2.05) is 66.7 Å². The molecule has 2 heteroatoms. The Morgan fingerprint density at radius 1 is 0.767 bits per heavy atom. The van der Waals surface area contributed by atoms with Crippen molar-refractivity contribution in [2.24, 2.45) is 0 Å². The molecular weight excluding hydrogens is 368 g/mol. The minimum atomic E-state index is 0.0245. The molecule has 148 valence electrons. The summed E-state index contributed by atoms with van der Waals surface area (Å²) in [6.45, 7) is 0. The van der Waals surface area contributed by atoms with Crippen LogP contribution in [0.15, 0.2) is 91.0 Å². The summed E-state index contributed by atoms with van der Waals surface area (Å²) in [7, 11) is 0. The van der Waals surface area contributed by atoms with Gasteiger partial charge in [0.1, 0.15) is 5.75 Å². The van der Waals surface area contributed by atoms with E-state index in [-0.39, 0.29) is 11.9 Å². The van der Waals surface area contributed by atoms with Gasteiger partial charge in [-0.1, -0.05) is 72.8 Å². The molecule has 0 saturated heterocycles. The third-order valence-corrected chi connectivity index (χ3v) is 5.94. The molecule has 2 nitrogen and oxygen atoms in total. The van der Waals surface area contributed by atoms with Gasteiger partial charge in [-0.2, -0.15) is 0 Å². The lowest BCUT2D eigenvalue weighted by atomic mass is 9.89. The number of carbonyl (C=O) groups is 1. The predicted molar refractivity (Wildman–Crippen MR) is 122 cm³/mol. The number of hydrogen-bond donors (Lipinski definition) is 0. The minimum Gasteiger partial charge on any atom is -0.490 e. The van der Waals surface area contributed by atoms with Crippen LogP contribution in [0.3, 0.4) is 0 Å². The molecule has 0 spiro atoms. The van der Waals surface area contributed by atoms with Gasteiger partial charge in [-0.3, -0.25) is 4.79 Å². The highest BCUT2D eigenvalue weighted by Gasteiger charge is 2.20. The van der Waals surface area contributed by atoms with Crippen molar-refractivity contribution in [3.8, 4) is 16.9 Å². The van der Waals surface area contributed by atoms with Crippen LogP contribution in [-0.2, 0) is 0 Å². The van der Waals surface area contributed by atoms with Gasteiger partial charge in [0.2, 0.25) is 0 Å². The topological polar surface area (TPSA) is 26.3 Å². The van der Waals surface area contributed by atoms with Crippen molar-refractivity contribution in [3.05, 3.63) is 102 Å². The van der Waals surface area contributed by atoms with Crippen LogP contribution in [0.1, 0.15) is 41.6 Å². The number of ether oxygens (including phenoxy) is 1. The van der Waals surface area contributed by atoms with Gasteiger partial charge >= 0.3 is 0 Å². The molecule has 4 aromatic rings. The van der Waals surface area contributed by atoms with Gasteiger partial charge in [0.15, 0.2) is 5.78 Å². The van der Waals surface area contributed by atoms with Crippen LogP contribution in [0.5, 0.6) is 5.75 Å². The number of rotatable bonds is 5. The fraction of sp³-hybridized carbons (Fsp3) is 0.179. The van der Waals surface area contributed by atoms with E-state index in [4.69, 9.17) is 4.74 Å². The first-order valence-electron chi connectivity index (χ1n) is 10.7. The normalized spacial score (nSPS) is 14.1. The molecule has 0 bridgehead atoms. The standard InChI is InChI=1S/C28H24O2/c29-28(22-12-8-15-24(19-22)30-23-13-5-6-14-23)26-18-17-20-9-4-7-16-25(20)27(26)21-10-2-1-3-11-21/h1-4,7-12,15-19,23H,5-6,13-14H2. The molecule has 0 atom stereocenters. The molecule has 0 heterocycles. The van der Waals surface area contributed by atoms with Crippen LogP contribution in [0, 0.1) is 0 Å². The fourth-order valence-electron chi connectivity index (χ4n) is 4.44. The molecule has 30 heavy (non-hydrogen) atoms. The quantitative estimate of drug-likeness (QED) is 0.340. The van der Waals surface area contributed by atoms with Crippen molar-refractivity contribution in [3.63, 3.8) is 0 Å². The third kappa shape index (κ3) is 3.61. The highest BCUT2D eigenvalue weighted by Crippen LogP contribution is 2.34. The maximum Gasteiger partial charge on any atom is 0.193 e. The summed E-state index contributed by atoms with van der Waals surface area (Å²) in [5.74, 6) is 0.811. The van der Waals surface area contributed by atoms with Crippen molar-refractivity contribution in [2.75, 3.05) is 0 Å². The molecule has 0 radical (unpaired) electrons. The van der Waals surface area contributed by atoms with Crippen molar-refractivity contribution >= 4 is 16.6 Å². The second-order valence-corrected chi connectivity index (χ2v) is 7.96. The fourth-order valence-corrected chi connectivity index (χ4v) is 4.44. The predicted octanol–water partition coefficient (Wildman–Crippen LogP) is 7.06. The lowest BCUT2D eigenvalue weighted by molar-refractivity contribution is 0.103. The Bertz CT molecular complexity index is 1190. The van der Waals surface area contributed by atoms with E-state index in [0.29, 0.717) is 5.56 Å². The average molecular weight is 392 g/mol. The second kappa shape index (κ2) is 8.16. The van der Waals surface area contributed by atoms with Gasteiger partial charge in [0, 0.05) is 16.7 Å². The Morgan fingerprint density at radius 2 is 1.53 bits per heavy atom. The zero-order valence-corrected chi connectivity index (χ0v) is 16.9. The van der Waals surface area contributed by atoms with Crippen molar-refractivity contribution < 1.29 is 9.53 Å². The maximum absolute atomic E-state index is 13.6. The summed E-state index contributed by atoms with van der Waals surface area (Å²) in [6, 6.07) is 30.0. The first-order chi connectivity index (χ1) is 14.8. The number of hydrogen-bond acceptors (Lipinski definition) is 2. The average Bonchev–Trinajstić information content (AvgIpc) is 3.31. The Balaban J connectivity index is 1.59. The summed E-state index contributed by atoms with van der Waals surface area (Å²) in [5, 5.41) is 2.22. The van der Waals surface area contributed by atoms with Crippen LogP contribution >= 0.6 is 0 Å². The highest BCUT2D eigenvalue weighted by atomic mass is 16.5. The summed E-state index contributed by atoms with van der Waals surface area (Å²) in [5.41, 5.74) is 3.42. The van der Waals surface area contributed by atoms with Crippen LogP contribution < -0.4 is 4.74 Å². The number of benzene rings is 4. The number of ketones is 1. The molecule has 5 rings (SSSR count). The molecule has 1 aliphatic carbocycles. The zero-order chi connectivity index (χ0) is 20.3. The first kappa shape index (κ1) is 18.6. The third-order valence-electron chi connectivity index (χ3n) is 5.94.